The summed E-state index contributed by atoms with van der Waals surface area (Å²) in [5.74, 6) is -0.109. The van der Waals surface area contributed by atoms with E-state index in [-0.39, 0.29) is 35.7 Å². The van der Waals surface area contributed by atoms with Gasteiger partial charge in [0.1, 0.15) is 5.82 Å². The first kappa shape index (κ1) is 17.9. The van der Waals surface area contributed by atoms with Crippen LogP contribution in [-0.2, 0) is 17.8 Å². The second-order valence-electron chi connectivity index (χ2n) is 6.23. The van der Waals surface area contributed by atoms with Crippen molar-refractivity contribution in [1.29, 1.82) is 0 Å². The van der Waals surface area contributed by atoms with Gasteiger partial charge in [-0.1, -0.05) is 32.0 Å². The van der Waals surface area contributed by atoms with Crippen molar-refractivity contribution in [1.82, 2.24) is 9.88 Å². The van der Waals surface area contributed by atoms with Crippen LogP contribution in [0.1, 0.15) is 25.8 Å². The molecule has 0 saturated carbocycles. The van der Waals surface area contributed by atoms with Crippen molar-refractivity contribution in [3.05, 3.63) is 70.4 Å². The predicted octanol–water partition coefficient (Wildman–Crippen LogP) is 2.76. The smallest absolute Gasteiger partial charge is 0.250 e. The van der Waals surface area contributed by atoms with Crippen molar-refractivity contribution in [3.8, 4) is 0 Å². The van der Waals surface area contributed by atoms with E-state index in [1.807, 2.05) is 13.8 Å². The molecule has 2 aromatic rings. The molecule has 0 aliphatic rings. The summed E-state index contributed by atoms with van der Waals surface area (Å²) < 4.78 is 14.5. The van der Waals surface area contributed by atoms with Crippen LogP contribution < -0.4 is 10.9 Å². The van der Waals surface area contributed by atoms with Gasteiger partial charge in [0.15, 0.2) is 0 Å². The van der Waals surface area contributed by atoms with E-state index in [0.29, 0.717) is 13.0 Å². The molecular formula is C19H23FN2O2. The van der Waals surface area contributed by atoms with Gasteiger partial charge in [-0.25, -0.2) is 4.39 Å². The Hall–Kier alpha value is -2.43. The zero-order chi connectivity index (χ0) is 17.5. The fourth-order valence-electron chi connectivity index (χ4n) is 2.47. The van der Waals surface area contributed by atoms with Gasteiger partial charge in [-0.2, -0.15) is 0 Å². The molecule has 1 atom stereocenters. The van der Waals surface area contributed by atoms with Crippen LogP contribution in [-0.4, -0.2) is 16.5 Å². The molecule has 0 saturated heterocycles. The van der Waals surface area contributed by atoms with E-state index < -0.39 is 0 Å². The summed E-state index contributed by atoms with van der Waals surface area (Å²) in [7, 11) is 0. The fraction of sp³-hybridized carbons (Fsp3) is 0.368. The predicted molar refractivity (Wildman–Crippen MR) is 92.2 cm³/mol. The number of carbonyl (C=O) groups is 1. The van der Waals surface area contributed by atoms with Gasteiger partial charge in [0.05, 0.1) is 0 Å². The van der Waals surface area contributed by atoms with E-state index in [9.17, 15) is 14.0 Å². The molecule has 1 unspecified atom stereocenters. The molecule has 4 nitrogen and oxygen atoms in total. The van der Waals surface area contributed by atoms with Crippen molar-refractivity contribution in [2.75, 3.05) is 0 Å². The molecule has 1 aromatic carbocycles. The number of pyridine rings is 1. The number of halogens is 1. The minimum Gasteiger partial charge on any atom is -0.353 e. The average molecular weight is 330 g/mol. The highest BCUT2D eigenvalue weighted by Gasteiger charge is 2.17. The monoisotopic (exact) mass is 330 g/mol. The highest BCUT2D eigenvalue weighted by molar-refractivity contribution is 5.76. The van der Waals surface area contributed by atoms with Gasteiger partial charge in [-0.15, -0.1) is 0 Å². The Morgan fingerprint density at radius 3 is 2.50 bits per heavy atom. The molecule has 1 amide bonds. The normalized spacial score (nSPS) is 12.2. The molecule has 0 aliphatic carbocycles. The summed E-state index contributed by atoms with van der Waals surface area (Å²) in [6, 6.07) is 11.2. The minimum absolute atomic E-state index is 0.0320. The van der Waals surface area contributed by atoms with Crippen LogP contribution in [0.5, 0.6) is 0 Å². The lowest BCUT2D eigenvalue weighted by molar-refractivity contribution is -0.122. The lowest BCUT2D eigenvalue weighted by atomic mass is 9.96. The summed E-state index contributed by atoms with van der Waals surface area (Å²) in [5, 5.41) is 3.02. The standard InChI is InChI=1S/C19H23FN2O2/c1-14(2)17(13-15-6-8-16(20)9-7-15)21-18(23)10-12-22-11-4-3-5-19(22)24/h3-9,11,14,17H,10,12-13H2,1-2H3,(H,21,23). The summed E-state index contributed by atoms with van der Waals surface area (Å²) in [6.07, 6.45) is 2.57. The van der Waals surface area contributed by atoms with E-state index in [4.69, 9.17) is 0 Å². The number of hydrogen-bond acceptors (Lipinski definition) is 2. The summed E-state index contributed by atoms with van der Waals surface area (Å²) in [4.78, 5) is 23.8. The second-order valence-corrected chi connectivity index (χ2v) is 6.23. The fourth-order valence-corrected chi connectivity index (χ4v) is 2.47. The SMILES string of the molecule is CC(C)C(Cc1ccc(F)cc1)NC(=O)CCn1ccccc1=O. The Kier molecular flexibility index (Phi) is 6.29. The Morgan fingerprint density at radius 1 is 1.17 bits per heavy atom. The first-order valence-electron chi connectivity index (χ1n) is 8.15. The summed E-state index contributed by atoms with van der Waals surface area (Å²) in [6.45, 7) is 4.43. The summed E-state index contributed by atoms with van der Waals surface area (Å²) in [5.41, 5.74) is 0.867. The number of carbonyl (C=O) groups excluding carboxylic acids is 1. The van der Waals surface area contributed by atoms with Crippen molar-refractivity contribution in [2.24, 2.45) is 5.92 Å². The van der Waals surface area contributed by atoms with Crippen LogP contribution in [0.4, 0.5) is 4.39 Å². The number of amides is 1. The van der Waals surface area contributed by atoms with Crippen LogP contribution >= 0.6 is 0 Å². The lowest BCUT2D eigenvalue weighted by Crippen LogP contribution is -2.40. The van der Waals surface area contributed by atoms with Crippen LogP contribution in [0.25, 0.3) is 0 Å². The van der Waals surface area contributed by atoms with E-state index in [1.165, 1.54) is 22.8 Å². The van der Waals surface area contributed by atoms with E-state index >= 15 is 0 Å². The Labute approximate surface area is 141 Å². The molecule has 1 heterocycles. The number of aryl methyl sites for hydroxylation is 1. The number of nitrogens with zero attached hydrogens (tertiary/aromatic N) is 1. The van der Waals surface area contributed by atoms with Gasteiger partial charge < -0.3 is 9.88 Å². The Bertz CT molecular complexity index is 723. The maximum absolute atomic E-state index is 13.0. The zero-order valence-corrected chi connectivity index (χ0v) is 14.0. The first-order chi connectivity index (χ1) is 11.5. The third-order valence-corrected chi connectivity index (χ3v) is 4.00. The molecular weight excluding hydrogens is 307 g/mol. The number of nitrogens with one attached hydrogen (secondary N) is 1. The zero-order valence-electron chi connectivity index (χ0n) is 14.0. The molecule has 1 aromatic heterocycles. The first-order valence-corrected chi connectivity index (χ1v) is 8.15. The number of hydrogen-bond donors (Lipinski definition) is 1. The number of benzene rings is 1. The van der Waals surface area contributed by atoms with Gasteiger partial charge in [-0.05, 0) is 36.1 Å². The van der Waals surface area contributed by atoms with Gasteiger partial charge in [0, 0.05) is 31.3 Å². The highest BCUT2D eigenvalue weighted by Crippen LogP contribution is 2.11. The van der Waals surface area contributed by atoms with Crippen LogP contribution in [0, 0.1) is 11.7 Å². The molecule has 0 bridgehead atoms. The van der Waals surface area contributed by atoms with E-state index in [2.05, 4.69) is 5.32 Å². The highest BCUT2D eigenvalue weighted by atomic mass is 19.1. The molecule has 0 radical (unpaired) electrons. The molecule has 128 valence electrons. The van der Waals surface area contributed by atoms with Gasteiger partial charge in [0.2, 0.25) is 5.91 Å². The Morgan fingerprint density at radius 2 is 1.88 bits per heavy atom. The molecule has 0 fully saturated rings. The molecule has 0 spiro atoms. The molecule has 0 aliphatic heterocycles. The topological polar surface area (TPSA) is 51.1 Å². The minimum atomic E-state index is -0.266. The number of aromatic nitrogens is 1. The quantitative estimate of drug-likeness (QED) is 0.849. The molecule has 1 N–H and O–H groups in total. The Balaban J connectivity index is 1.92. The van der Waals surface area contributed by atoms with Crippen molar-refractivity contribution < 1.29 is 9.18 Å². The lowest BCUT2D eigenvalue weighted by Gasteiger charge is -2.22. The second kappa shape index (κ2) is 8.43. The maximum atomic E-state index is 13.0. The maximum Gasteiger partial charge on any atom is 0.250 e. The van der Waals surface area contributed by atoms with Crippen LogP contribution in [0.2, 0.25) is 0 Å². The van der Waals surface area contributed by atoms with E-state index in [1.54, 1.807) is 30.5 Å². The van der Waals surface area contributed by atoms with Crippen LogP contribution in [0.3, 0.4) is 0 Å². The summed E-state index contributed by atoms with van der Waals surface area (Å²) >= 11 is 0. The van der Waals surface area contributed by atoms with Gasteiger partial charge in [0.25, 0.3) is 5.56 Å². The number of rotatable bonds is 7. The third-order valence-electron chi connectivity index (χ3n) is 4.00. The van der Waals surface area contributed by atoms with Crippen molar-refractivity contribution >= 4 is 5.91 Å². The molecule has 5 heteroatoms. The van der Waals surface area contributed by atoms with Crippen LogP contribution in [0.15, 0.2) is 53.5 Å². The molecule has 24 heavy (non-hydrogen) atoms. The van der Waals surface area contributed by atoms with Gasteiger partial charge in [-0.3, -0.25) is 9.59 Å². The molecule has 2 rings (SSSR count). The average Bonchev–Trinajstić information content (AvgIpc) is 2.55. The third kappa shape index (κ3) is 5.33. The van der Waals surface area contributed by atoms with Crippen molar-refractivity contribution in [2.45, 2.75) is 39.3 Å². The van der Waals surface area contributed by atoms with Gasteiger partial charge >= 0.3 is 0 Å². The van der Waals surface area contributed by atoms with E-state index in [0.717, 1.165) is 5.56 Å². The van der Waals surface area contributed by atoms with Crippen molar-refractivity contribution in [3.63, 3.8) is 0 Å². The largest absolute Gasteiger partial charge is 0.353 e.